The molecule has 0 aliphatic carbocycles. The van der Waals surface area contributed by atoms with Crippen molar-refractivity contribution in [3.05, 3.63) is 23.3 Å². The standard InChI is InChI=1S/C14H14F3NO3/c1-7(19)9-4-5-11-10(12(9)20)3-2-8(6-18-11)13(21)14(15,16)17/h4-5,8,18,20H,2-3,6H2,1H3. The van der Waals surface area contributed by atoms with Gasteiger partial charge in [-0.15, -0.1) is 0 Å². The number of ketones is 2. The van der Waals surface area contributed by atoms with Crippen LogP contribution in [0.1, 0.15) is 29.3 Å². The average Bonchev–Trinajstić information content (AvgIpc) is 2.59. The highest BCUT2D eigenvalue weighted by Crippen LogP contribution is 2.35. The minimum absolute atomic E-state index is 0.0345. The zero-order valence-corrected chi connectivity index (χ0v) is 11.3. The summed E-state index contributed by atoms with van der Waals surface area (Å²) in [7, 11) is 0. The number of nitrogens with one attached hydrogen (secondary N) is 1. The summed E-state index contributed by atoms with van der Waals surface area (Å²) in [5.41, 5.74) is 0.950. The van der Waals surface area contributed by atoms with Gasteiger partial charge >= 0.3 is 6.18 Å². The molecule has 21 heavy (non-hydrogen) atoms. The molecule has 0 fully saturated rings. The Balaban J connectivity index is 2.28. The third-order valence-electron chi connectivity index (χ3n) is 3.59. The molecule has 1 heterocycles. The van der Waals surface area contributed by atoms with Crippen LogP contribution in [0.25, 0.3) is 0 Å². The van der Waals surface area contributed by atoms with Gasteiger partial charge in [-0.25, -0.2) is 0 Å². The summed E-state index contributed by atoms with van der Waals surface area (Å²) in [5.74, 6) is -3.53. The molecule has 7 heteroatoms. The fourth-order valence-electron chi connectivity index (χ4n) is 2.45. The van der Waals surface area contributed by atoms with E-state index < -0.39 is 17.9 Å². The van der Waals surface area contributed by atoms with Gasteiger partial charge in [-0.3, -0.25) is 9.59 Å². The second kappa shape index (κ2) is 5.38. The van der Waals surface area contributed by atoms with Crippen molar-refractivity contribution in [1.29, 1.82) is 0 Å². The number of anilines is 1. The normalized spacial score (nSPS) is 18.4. The maximum atomic E-state index is 12.5. The highest BCUT2D eigenvalue weighted by Gasteiger charge is 2.43. The molecule has 1 aliphatic rings. The van der Waals surface area contributed by atoms with E-state index in [1.165, 1.54) is 19.1 Å². The first-order valence-electron chi connectivity index (χ1n) is 6.42. The number of fused-ring (bicyclic) bond motifs is 1. The number of aromatic hydroxyl groups is 1. The van der Waals surface area contributed by atoms with E-state index in [1.807, 2.05) is 0 Å². The quantitative estimate of drug-likeness (QED) is 0.824. The number of Topliss-reactive ketones (excluding diaryl/α,β-unsaturated/α-hetero) is 2. The molecule has 0 bridgehead atoms. The third-order valence-corrected chi connectivity index (χ3v) is 3.59. The third kappa shape index (κ3) is 3.01. The molecule has 1 atom stereocenters. The predicted octanol–water partition coefficient (Wildman–Crippen LogP) is 2.70. The molecule has 0 spiro atoms. The first-order chi connectivity index (χ1) is 9.71. The van der Waals surface area contributed by atoms with Crippen molar-refractivity contribution in [3.8, 4) is 5.75 Å². The van der Waals surface area contributed by atoms with Crippen LogP contribution in [0.2, 0.25) is 0 Å². The smallest absolute Gasteiger partial charge is 0.450 e. The zero-order valence-electron chi connectivity index (χ0n) is 11.3. The van der Waals surface area contributed by atoms with Crippen LogP contribution in [0, 0.1) is 5.92 Å². The minimum Gasteiger partial charge on any atom is -0.507 e. The van der Waals surface area contributed by atoms with E-state index in [4.69, 9.17) is 0 Å². The number of carbonyl (C=O) groups excluding carboxylic acids is 2. The van der Waals surface area contributed by atoms with Crippen LogP contribution in [0.15, 0.2) is 12.1 Å². The number of halogens is 3. The van der Waals surface area contributed by atoms with E-state index in [0.717, 1.165) is 0 Å². The van der Waals surface area contributed by atoms with Gasteiger partial charge in [-0.2, -0.15) is 13.2 Å². The lowest BCUT2D eigenvalue weighted by Crippen LogP contribution is -2.34. The zero-order chi connectivity index (χ0) is 15.8. The van der Waals surface area contributed by atoms with Crippen molar-refractivity contribution >= 4 is 17.3 Å². The number of hydrogen-bond acceptors (Lipinski definition) is 4. The van der Waals surface area contributed by atoms with Gasteiger partial charge in [0.15, 0.2) is 5.78 Å². The van der Waals surface area contributed by atoms with Gasteiger partial charge in [0.25, 0.3) is 0 Å². The fraction of sp³-hybridized carbons (Fsp3) is 0.429. The number of hydrogen-bond donors (Lipinski definition) is 2. The molecule has 0 aromatic heterocycles. The molecule has 114 valence electrons. The van der Waals surface area contributed by atoms with Gasteiger partial charge in [0.05, 0.1) is 5.56 Å². The second-order valence-corrected chi connectivity index (χ2v) is 5.02. The Morgan fingerprint density at radius 1 is 1.33 bits per heavy atom. The van der Waals surface area contributed by atoms with Crippen LogP contribution >= 0.6 is 0 Å². The lowest BCUT2D eigenvalue weighted by Gasteiger charge is -2.15. The molecule has 2 N–H and O–H groups in total. The summed E-state index contributed by atoms with van der Waals surface area (Å²) in [6.07, 6.45) is -4.80. The molecule has 4 nitrogen and oxygen atoms in total. The van der Waals surface area contributed by atoms with Crippen molar-refractivity contribution in [3.63, 3.8) is 0 Å². The van der Waals surface area contributed by atoms with E-state index in [-0.39, 0.29) is 36.5 Å². The number of rotatable bonds is 2. The molecule has 1 aliphatic heterocycles. The molecule has 1 aromatic rings. The first kappa shape index (κ1) is 15.3. The van der Waals surface area contributed by atoms with Gasteiger partial charge in [0, 0.05) is 23.7 Å². The summed E-state index contributed by atoms with van der Waals surface area (Å²) < 4.78 is 37.4. The van der Waals surface area contributed by atoms with E-state index in [1.54, 1.807) is 0 Å². The summed E-state index contributed by atoms with van der Waals surface area (Å²) in [6.45, 7) is 1.14. The van der Waals surface area contributed by atoms with Crippen LogP contribution in [0.3, 0.4) is 0 Å². The predicted molar refractivity (Wildman–Crippen MR) is 69.5 cm³/mol. The Labute approximate surface area is 119 Å². The average molecular weight is 301 g/mol. The van der Waals surface area contributed by atoms with Crippen LogP contribution in [-0.2, 0) is 11.2 Å². The van der Waals surface area contributed by atoms with Crippen LogP contribution < -0.4 is 5.32 Å². The van der Waals surface area contributed by atoms with E-state index in [9.17, 15) is 27.9 Å². The molecule has 1 unspecified atom stereocenters. The molecule has 2 rings (SSSR count). The van der Waals surface area contributed by atoms with Crippen LogP contribution in [0.4, 0.5) is 18.9 Å². The molecule has 0 radical (unpaired) electrons. The Kier molecular flexibility index (Phi) is 3.93. The van der Waals surface area contributed by atoms with Gasteiger partial charge in [0.2, 0.25) is 5.78 Å². The second-order valence-electron chi connectivity index (χ2n) is 5.02. The SMILES string of the molecule is CC(=O)c1ccc2c(c1O)CCC(C(=O)C(F)(F)F)CN2. The van der Waals surface area contributed by atoms with Gasteiger partial charge < -0.3 is 10.4 Å². The Hall–Kier alpha value is -2.05. The molecule has 0 saturated carbocycles. The van der Waals surface area contributed by atoms with Crippen LogP contribution in [-0.4, -0.2) is 29.4 Å². The van der Waals surface area contributed by atoms with Crippen molar-refractivity contribution < 1.29 is 27.9 Å². The molecule has 0 saturated heterocycles. The number of phenols is 1. The maximum Gasteiger partial charge on any atom is 0.450 e. The molecular formula is C14H14F3NO3. The first-order valence-corrected chi connectivity index (χ1v) is 6.42. The molecule has 0 amide bonds. The van der Waals surface area contributed by atoms with Crippen molar-refractivity contribution in [2.45, 2.75) is 25.9 Å². The summed E-state index contributed by atoms with van der Waals surface area (Å²) in [4.78, 5) is 22.7. The molecular weight excluding hydrogens is 287 g/mol. The minimum atomic E-state index is -4.87. The Bertz CT molecular complexity index is 596. The summed E-state index contributed by atoms with van der Waals surface area (Å²) >= 11 is 0. The maximum absolute atomic E-state index is 12.5. The van der Waals surface area contributed by atoms with Crippen molar-refractivity contribution in [2.24, 2.45) is 5.92 Å². The van der Waals surface area contributed by atoms with Crippen molar-refractivity contribution in [2.75, 3.05) is 11.9 Å². The largest absolute Gasteiger partial charge is 0.507 e. The van der Waals surface area contributed by atoms with E-state index in [2.05, 4.69) is 5.32 Å². The van der Waals surface area contributed by atoms with Gasteiger partial charge in [-0.05, 0) is 31.9 Å². The Morgan fingerprint density at radius 3 is 2.57 bits per heavy atom. The topological polar surface area (TPSA) is 66.4 Å². The van der Waals surface area contributed by atoms with E-state index in [0.29, 0.717) is 11.3 Å². The van der Waals surface area contributed by atoms with Crippen molar-refractivity contribution in [1.82, 2.24) is 0 Å². The highest BCUT2D eigenvalue weighted by molar-refractivity contribution is 5.98. The highest BCUT2D eigenvalue weighted by atomic mass is 19.4. The number of phenolic OH excluding ortho intramolecular Hbond substituents is 1. The van der Waals surface area contributed by atoms with Gasteiger partial charge in [0.1, 0.15) is 5.75 Å². The number of carbonyl (C=O) groups is 2. The number of alkyl halides is 3. The monoisotopic (exact) mass is 301 g/mol. The van der Waals surface area contributed by atoms with E-state index >= 15 is 0 Å². The lowest BCUT2D eigenvalue weighted by atomic mass is 9.95. The lowest BCUT2D eigenvalue weighted by molar-refractivity contribution is -0.175. The molecule has 1 aromatic carbocycles. The number of benzene rings is 1. The Morgan fingerprint density at radius 2 is 2.00 bits per heavy atom. The van der Waals surface area contributed by atoms with Crippen LogP contribution in [0.5, 0.6) is 5.75 Å². The fourth-order valence-corrected chi connectivity index (χ4v) is 2.45. The summed E-state index contributed by atoms with van der Waals surface area (Å²) in [6, 6.07) is 2.95. The van der Waals surface area contributed by atoms with Gasteiger partial charge in [-0.1, -0.05) is 0 Å². The summed E-state index contributed by atoms with van der Waals surface area (Å²) in [5, 5.41) is 12.8.